The Morgan fingerprint density at radius 2 is 2.09 bits per heavy atom. The summed E-state index contributed by atoms with van der Waals surface area (Å²) in [7, 11) is -3.99. The topological polar surface area (TPSA) is 188 Å². The molecule has 0 atom stereocenters. The van der Waals surface area contributed by atoms with Crippen LogP contribution in [0.5, 0.6) is 0 Å². The fourth-order valence-corrected chi connectivity index (χ4v) is 4.30. The molecule has 2 heterocycles. The summed E-state index contributed by atoms with van der Waals surface area (Å²) in [5, 5.41) is 35.4. The van der Waals surface area contributed by atoms with Crippen LogP contribution in [0.1, 0.15) is 17.7 Å². The Kier molecular flexibility index (Phi) is 7.27. The third kappa shape index (κ3) is 5.80. The summed E-state index contributed by atoms with van der Waals surface area (Å²) in [4.78, 5) is 12.1. The number of halogens is 3. The highest BCUT2D eigenvalue weighted by atomic mass is 32.2. The van der Waals surface area contributed by atoms with Crippen LogP contribution in [0.25, 0.3) is 0 Å². The molecular formula is C16H18F3N7O5S2. The van der Waals surface area contributed by atoms with Gasteiger partial charge in [-0.1, -0.05) is 11.8 Å². The number of aromatic nitrogens is 2. The molecule has 17 heteroatoms. The molecule has 2 aromatic rings. The predicted octanol–water partition coefficient (Wildman–Crippen LogP) is 0.0423. The van der Waals surface area contributed by atoms with Crippen molar-refractivity contribution in [1.29, 1.82) is 5.41 Å². The number of nitrogens with one attached hydrogen (secondary N) is 3. The molecule has 1 aliphatic rings. The number of rotatable bonds is 9. The third-order valence-electron chi connectivity index (χ3n) is 4.48. The monoisotopic (exact) mass is 509 g/mol. The number of nitrogens with two attached hydrogens (primary N) is 1. The number of thioether (sulfide) groups is 1. The number of aliphatic hydroxyl groups is 1. The van der Waals surface area contributed by atoms with Crippen LogP contribution < -0.4 is 15.8 Å². The number of alkyl halides is 2. The van der Waals surface area contributed by atoms with Gasteiger partial charge in [0.15, 0.2) is 22.2 Å². The molecule has 0 spiro atoms. The van der Waals surface area contributed by atoms with Crippen molar-refractivity contribution in [1.82, 2.24) is 19.9 Å². The number of amides is 1. The van der Waals surface area contributed by atoms with Crippen LogP contribution in [0.2, 0.25) is 0 Å². The van der Waals surface area contributed by atoms with Gasteiger partial charge in [0.25, 0.3) is 22.5 Å². The Morgan fingerprint density at radius 1 is 1.39 bits per heavy atom. The molecule has 0 bridgehead atoms. The van der Waals surface area contributed by atoms with Crippen LogP contribution in [0.4, 0.5) is 18.9 Å². The van der Waals surface area contributed by atoms with Gasteiger partial charge in [-0.05, 0) is 28.5 Å². The Balaban J connectivity index is 1.51. The van der Waals surface area contributed by atoms with Gasteiger partial charge in [-0.2, -0.15) is 12.7 Å². The number of benzene rings is 1. The van der Waals surface area contributed by atoms with E-state index < -0.39 is 52.6 Å². The summed E-state index contributed by atoms with van der Waals surface area (Å²) < 4.78 is 66.7. The number of carbonyl (C=O) groups excluding carboxylic acids is 1. The quantitative estimate of drug-likeness (QED) is 0.135. The summed E-state index contributed by atoms with van der Waals surface area (Å²) >= 11 is 1.04. The van der Waals surface area contributed by atoms with Crippen molar-refractivity contribution in [2.45, 2.75) is 17.1 Å². The van der Waals surface area contributed by atoms with Gasteiger partial charge in [0.05, 0.1) is 18.7 Å². The first-order chi connectivity index (χ1) is 15.4. The smallest absolute Gasteiger partial charge is 0.277 e. The maximum atomic E-state index is 13.4. The first kappa shape index (κ1) is 24.9. The highest BCUT2D eigenvalue weighted by Crippen LogP contribution is 2.26. The summed E-state index contributed by atoms with van der Waals surface area (Å²) in [5.74, 6) is -1.99. The molecule has 180 valence electrons. The number of amidine groups is 1. The lowest BCUT2D eigenvalue weighted by atomic mass is 9.96. The molecule has 1 aliphatic heterocycles. The second-order valence-corrected chi connectivity index (χ2v) is 9.53. The minimum Gasteiger partial charge on any atom is -0.377 e. The van der Waals surface area contributed by atoms with Crippen molar-refractivity contribution < 1.29 is 36.1 Å². The fourth-order valence-electron chi connectivity index (χ4n) is 2.76. The van der Waals surface area contributed by atoms with E-state index in [1.807, 2.05) is 0 Å². The highest BCUT2D eigenvalue weighted by Gasteiger charge is 2.51. The number of β-amino-alcohol motifs (C(OH)–C–C–N with tert-alkyl or cyclic N) is 1. The highest BCUT2D eigenvalue weighted by molar-refractivity contribution is 7.99. The molecule has 1 fully saturated rings. The SMILES string of the molecule is N=C(Nc1ccc(F)c(C(F)F)c1)c1nonc1SCCNC(=O)C1(O)CN(S(N)(=O)=O)C1. The van der Waals surface area contributed by atoms with E-state index in [-0.39, 0.29) is 34.5 Å². The number of hydrogen-bond donors (Lipinski definition) is 5. The zero-order chi connectivity index (χ0) is 24.4. The maximum absolute atomic E-state index is 13.4. The van der Waals surface area contributed by atoms with E-state index in [4.69, 9.17) is 10.5 Å². The van der Waals surface area contributed by atoms with Crippen LogP contribution >= 0.6 is 11.8 Å². The average molecular weight is 509 g/mol. The van der Waals surface area contributed by atoms with Crippen molar-refractivity contribution in [2.24, 2.45) is 5.14 Å². The molecule has 33 heavy (non-hydrogen) atoms. The van der Waals surface area contributed by atoms with Gasteiger partial charge >= 0.3 is 0 Å². The number of nitrogens with zero attached hydrogens (tertiary/aromatic N) is 3. The molecule has 0 radical (unpaired) electrons. The van der Waals surface area contributed by atoms with Gasteiger partial charge in [-0.15, -0.1) is 0 Å². The summed E-state index contributed by atoms with van der Waals surface area (Å²) in [6, 6.07) is 2.88. The minimum atomic E-state index is -3.99. The van der Waals surface area contributed by atoms with Gasteiger partial charge in [-0.3, -0.25) is 10.2 Å². The zero-order valence-corrected chi connectivity index (χ0v) is 18.2. The Labute approximate surface area is 189 Å². The van der Waals surface area contributed by atoms with Crippen LogP contribution in [0.3, 0.4) is 0 Å². The van der Waals surface area contributed by atoms with Gasteiger partial charge in [0.2, 0.25) is 0 Å². The van der Waals surface area contributed by atoms with Crippen molar-refractivity contribution in [2.75, 3.05) is 30.7 Å². The van der Waals surface area contributed by atoms with Gasteiger partial charge in [0, 0.05) is 18.0 Å². The van der Waals surface area contributed by atoms with Crippen LogP contribution in [-0.2, 0) is 15.0 Å². The largest absolute Gasteiger partial charge is 0.377 e. The van der Waals surface area contributed by atoms with E-state index in [1.165, 1.54) is 6.07 Å². The Morgan fingerprint density at radius 3 is 2.73 bits per heavy atom. The summed E-state index contributed by atoms with van der Waals surface area (Å²) in [6.45, 7) is -0.868. The van der Waals surface area contributed by atoms with Gasteiger partial charge < -0.3 is 15.7 Å². The zero-order valence-electron chi connectivity index (χ0n) is 16.6. The van der Waals surface area contributed by atoms with Crippen molar-refractivity contribution in [3.8, 4) is 0 Å². The molecular weight excluding hydrogens is 491 g/mol. The average Bonchev–Trinajstić information content (AvgIpc) is 3.17. The molecule has 0 unspecified atom stereocenters. The summed E-state index contributed by atoms with van der Waals surface area (Å²) in [5.41, 5.74) is -2.71. The second-order valence-electron chi connectivity index (χ2n) is 6.90. The molecule has 0 aliphatic carbocycles. The minimum absolute atomic E-state index is 0.0326. The van der Waals surface area contributed by atoms with Gasteiger partial charge in [0.1, 0.15) is 5.82 Å². The van der Waals surface area contributed by atoms with Crippen LogP contribution in [0.15, 0.2) is 27.9 Å². The molecule has 1 aromatic carbocycles. The predicted molar refractivity (Wildman–Crippen MR) is 109 cm³/mol. The number of anilines is 1. The van der Waals surface area contributed by atoms with E-state index in [0.717, 1.165) is 28.2 Å². The van der Waals surface area contributed by atoms with Crippen LogP contribution in [-0.4, -0.2) is 70.9 Å². The molecule has 1 amide bonds. The standard InChI is InChI=1S/C16H18F3N7O5S2/c17-10-2-1-8(5-9(10)12(18)19)23-13(20)11-14(25-31-24-11)32-4-3-22-15(27)16(28)6-26(7-16)33(21,29)30/h1-2,5,12,28H,3-4,6-7H2,(H2,20,23)(H,22,27)(H2,21,29,30). The molecule has 1 saturated heterocycles. The normalized spacial score (nSPS) is 15.8. The van der Waals surface area contributed by atoms with Crippen molar-refractivity contribution in [3.63, 3.8) is 0 Å². The molecule has 3 rings (SSSR count). The number of carbonyl (C=O) groups is 1. The maximum Gasteiger partial charge on any atom is 0.277 e. The second kappa shape index (κ2) is 9.64. The van der Waals surface area contributed by atoms with Gasteiger partial charge in [-0.25, -0.2) is 22.9 Å². The molecule has 1 aromatic heterocycles. The van der Waals surface area contributed by atoms with Crippen molar-refractivity contribution in [3.05, 3.63) is 35.3 Å². The fraction of sp³-hybridized carbons (Fsp3) is 0.375. The van der Waals surface area contributed by atoms with Crippen LogP contribution in [0, 0.1) is 11.2 Å². The first-order valence-electron chi connectivity index (χ1n) is 9.08. The van der Waals surface area contributed by atoms with E-state index >= 15 is 0 Å². The molecule has 12 nitrogen and oxygen atoms in total. The first-order valence-corrected chi connectivity index (χ1v) is 11.6. The lowest BCUT2D eigenvalue weighted by Gasteiger charge is -2.42. The van der Waals surface area contributed by atoms with E-state index in [1.54, 1.807) is 0 Å². The van der Waals surface area contributed by atoms with E-state index in [9.17, 15) is 31.5 Å². The molecule has 0 saturated carbocycles. The third-order valence-corrected chi connectivity index (χ3v) is 6.41. The molecule has 6 N–H and O–H groups in total. The Hall–Kier alpha value is -2.73. The number of hydrogen-bond acceptors (Lipinski definition) is 9. The van der Waals surface area contributed by atoms with Crippen molar-refractivity contribution >= 4 is 39.4 Å². The Bertz CT molecular complexity index is 1160. The lowest BCUT2D eigenvalue weighted by Crippen LogP contribution is -2.70. The van der Waals surface area contributed by atoms with E-state index in [0.29, 0.717) is 0 Å². The van der Waals surface area contributed by atoms with E-state index in [2.05, 4.69) is 25.6 Å². The summed E-state index contributed by atoms with van der Waals surface area (Å²) in [6.07, 6.45) is -3.03. The lowest BCUT2D eigenvalue weighted by molar-refractivity contribution is -0.151.